The molecule has 1 heterocycles. The molecule has 0 spiro atoms. The van der Waals surface area contributed by atoms with Gasteiger partial charge in [0.05, 0.1) is 0 Å². The second-order valence-electron chi connectivity index (χ2n) is 3.84. The van der Waals surface area contributed by atoms with Gasteiger partial charge in [0.25, 0.3) is 5.91 Å². The number of anilines is 2. The molecule has 0 saturated heterocycles. The quantitative estimate of drug-likeness (QED) is 0.813. The van der Waals surface area contributed by atoms with Crippen LogP contribution in [-0.4, -0.2) is 19.0 Å². The van der Waals surface area contributed by atoms with Crippen LogP contribution in [0.1, 0.15) is 10.6 Å². The molecule has 2 rings (SSSR count). The summed E-state index contributed by atoms with van der Waals surface area (Å²) in [6, 6.07) is 9.32. The van der Waals surface area contributed by atoms with Crippen LogP contribution in [0, 0.1) is 0 Å². The second kappa shape index (κ2) is 6.12. The molecule has 6 nitrogen and oxygen atoms in total. The van der Waals surface area contributed by atoms with Crippen LogP contribution < -0.4 is 16.0 Å². The summed E-state index contributed by atoms with van der Waals surface area (Å²) in [6.07, 6.45) is 0. The van der Waals surface area contributed by atoms with Crippen LogP contribution in [0.25, 0.3) is 0 Å². The molecule has 7 heteroatoms. The Morgan fingerprint density at radius 3 is 2.10 bits per heavy atom. The molecule has 2 aromatic rings. The largest absolute Gasteiger partial charge is 0.440 e. The molecule has 20 heavy (non-hydrogen) atoms. The number of nitrogens with one attached hydrogen (secondary N) is 3. The minimum atomic E-state index is -0.399. The third kappa shape index (κ3) is 3.52. The molecule has 3 amide bonds. The number of halogens is 1. The highest BCUT2D eigenvalue weighted by molar-refractivity contribution is 6.29. The van der Waals surface area contributed by atoms with Gasteiger partial charge in [-0.15, -0.1) is 0 Å². The molecule has 104 valence electrons. The van der Waals surface area contributed by atoms with Gasteiger partial charge < -0.3 is 20.4 Å². The van der Waals surface area contributed by atoms with Gasteiger partial charge >= 0.3 is 6.03 Å². The number of carbonyl (C=O) groups is 2. The predicted molar refractivity (Wildman–Crippen MR) is 76.2 cm³/mol. The summed E-state index contributed by atoms with van der Waals surface area (Å²) in [5.74, 6) is -0.272. The number of hydrogen-bond donors (Lipinski definition) is 3. The first-order valence-electron chi connectivity index (χ1n) is 5.74. The highest BCUT2D eigenvalue weighted by Crippen LogP contribution is 2.17. The minimum absolute atomic E-state index is 0.127. The van der Waals surface area contributed by atoms with E-state index >= 15 is 0 Å². The van der Waals surface area contributed by atoms with Gasteiger partial charge in [-0.25, -0.2) is 4.79 Å². The lowest BCUT2D eigenvalue weighted by Crippen LogP contribution is -2.24. The van der Waals surface area contributed by atoms with E-state index < -0.39 is 5.91 Å². The maximum Gasteiger partial charge on any atom is 0.318 e. The molecule has 0 aliphatic rings. The molecule has 0 radical (unpaired) electrons. The second-order valence-corrected chi connectivity index (χ2v) is 4.21. The first kappa shape index (κ1) is 14.0. The lowest BCUT2D eigenvalue weighted by atomic mass is 10.2. The number of benzene rings is 1. The van der Waals surface area contributed by atoms with E-state index in [2.05, 4.69) is 16.0 Å². The fraction of sp³-hybridized carbons (Fsp3) is 0.0769. The standard InChI is InChI=1S/C13H12ClN3O3/c1-15-13(19)17-9-4-2-8(3-5-9)16-12(18)10-6-7-11(14)20-10/h2-7H,1H3,(H,16,18)(H2,15,17,19). The van der Waals surface area contributed by atoms with E-state index in [-0.39, 0.29) is 17.0 Å². The molecule has 0 aliphatic carbocycles. The minimum Gasteiger partial charge on any atom is -0.440 e. The SMILES string of the molecule is CNC(=O)Nc1ccc(NC(=O)c2ccc(Cl)o2)cc1. The Kier molecular flexibility index (Phi) is 4.27. The fourth-order valence-corrected chi connectivity index (χ4v) is 1.61. The summed E-state index contributed by atoms with van der Waals surface area (Å²) >= 11 is 5.60. The van der Waals surface area contributed by atoms with Crippen LogP contribution in [0.15, 0.2) is 40.8 Å². The van der Waals surface area contributed by atoms with Crippen molar-refractivity contribution in [3.8, 4) is 0 Å². The van der Waals surface area contributed by atoms with E-state index in [1.165, 1.54) is 19.2 Å². The maximum absolute atomic E-state index is 11.8. The molecule has 0 saturated carbocycles. The van der Waals surface area contributed by atoms with Crippen molar-refractivity contribution in [1.82, 2.24) is 5.32 Å². The van der Waals surface area contributed by atoms with Crippen LogP contribution in [0.4, 0.5) is 16.2 Å². The van der Waals surface area contributed by atoms with Crippen molar-refractivity contribution >= 4 is 34.9 Å². The summed E-state index contributed by atoms with van der Waals surface area (Å²) in [7, 11) is 1.53. The lowest BCUT2D eigenvalue weighted by Gasteiger charge is -2.06. The van der Waals surface area contributed by atoms with Gasteiger partial charge in [0.2, 0.25) is 0 Å². The van der Waals surface area contributed by atoms with Crippen LogP contribution in [0.5, 0.6) is 0 Å². The summed E-state index contributed by atoms with van der Waals surface area (Å²) in [5.41, 5.74) is 1.19. The lowest BCUT2D eigenvalue weighted by molar-refractivity contribution is 0.0996. The molecule has 1 aromatic carbocycles. The van der Waals surface area contributed by atoms with Crippen LogP contribution in [0.3, 0.4) is 0 Å². The van der Waals surface area contributed by atoms with E-state index in [1.54, 1.807) is 24.3 Å². The van der Waals surface area contributed by atoms with Crippen molar-refractivity contribution in [2.45, 2.75) is 0 Å². The summed E-state index contributed by atoms with van der Waals surface area (Å²) in [5, 5.41) is 7.85. The van der Waals surface area contributed by atoms with Gasteiger partial charge in [0, 0.05) is 18.4 Å². The molecular weight excluding hydrogens is 282 g/mol. The number of amides is 3. The van der Waals surface area contributed by atoms with Crippen LogP contribution in [-0.2, 0) is 0 Å². The predicted octanol–water partition coefficient (Wildman–Crippen LogP) is 2.94. The zero-order valence-electron chi connectivity index (χ0n) is 10.6. The first-order chi connectivity index (χ1) is 9.58. The number of carbonyl (C=O) groups excluding carboxylic acids is 2. The van der Waals surface area contributed by atoms with Crippen molar-refractivity contribution in [2.75, 3.05) is 17.7 Å². The number of furan rings is 1. The zero-order valence-corrected chi connectivity index (χ0v) is 11.3. The molecule has 0 unspecified atom stereocenters. The molecular formula is C13H12ClN3O3. The van der Waals surface area contributed by atoms with Gasteiger partial charge in [-0.1, -0.05) is 0 Å². The smallest absolute Gasteiger partial charge is 0.318 e. The van der Waals surface area contributed by atoms with Crippen molar-refractivity contribution in [3.63, 3.8) is 0 Å². The first-order valence-corrected chi connectivity index (χ1v) is 6.12. The summed E-state index contributed by atoms with van der Waals surface area (Å²) < 4.78 is 5.00. The third-order valence-electron chi connectivity index (χ3n) is 2.42. The van der Waals surface area contributed by atoms with Crippen LogP contribution in [0.2, 0.25) is 5.22 Å². The average molecular weight is 294 g/mol. The zero-order chi connectivity index (χ0) is 14.5. The molecule has 0 atom stereocenters. The molecule has 0 fully saturated rings. The van der Waals surface area contributed by atoms with Gasteiger partial charge in [-0.05, 0) is 48.0 Å². The van der Waals surface area contributed by atoms with Gasteiger partial charge in [0.1, 0.15) is 0 Å². The Morgan fingerprint density at radius 1 is 1.00 bits per heavy atom. The van der Waals surface area contributed by atoms with E-state index in [9.17, 15) is 9.59 Å². The van der Waals surface area contributed by atoms with E-state index in [4.69, 9.17) is 16.0 Å². The van der Waals surface area contributed by atoms with E-state index in [0.29, 0.717) is 11.4 Å². The van der Waals surface area contributed by atoms with Crippen molar-refractivity contribution in [1.29, 1.82) is 0 Å². The summed E-state index contributed by atoms with van der Waals surface area (Å²) in [6.45, 7) is 0. The van der Waals surface area contributed by atoms with Gasteiger partial charge in [-0.3, -0.25) is 4.79 Å². The topological polar surface area (TPSA) is 83.4 Å². The van der Waals surface area contributed by atoms with Crippen LogP contribution >= 0.6 is 11.6 Å². The van der Waals surface area contributed by atoms with E-state index in [1.807, 2.05) is 0 Å². The van der Waals surface area contributed by atoms with Crippen molar-refractivity contribution in [3.05, 3.63) is 47.4 Å². The van der Waals surface area contributed by atoms with E-state index in [0.717, 1.165) is 0 Å². The molecule has 1 aromatic heterocycles. The highest BCUT2D eigenvalue weighted by atomic mass is 35.5. The number of hydrogen-bond acceptors (Lipinski definition) is 3. The Bertz CT molecular complexity index is 622. The Hall–Kier alpha value is -2.47. The Balaban J connectivity index is 2.00. The van der Waals surface area contributed by atoms with Crippen molar-refractivity contribution < 1.29 is 14.0 Å². The Morgan fingerprint density at radius 2 is 1.60 bits per heavy atom. The Labute approximate surface area is 120 Å². The molecule has 0 aliphatic heterocycles. The number of urea groups is 1. The normalized spacial score (nSPS) is 9.90. The van der Waals surface area contributed by atoms with Crippen molar-refractivity contribution in [2.24, 2.45) is 0 Å². The van der Waals surface area contributed by atoms with Gasteiger partial charge in [0.15, 0.2) is 11.0 Å². The van der Waals surface area contributed by atoms with Gasteiger partial charge in [-0.2, -0.15) is 0 Å². The third-order valence-corrected chi connectivity index (χ3v) is 2.63. The molecule has 0 bridgehead atoms. The highest BCUT2D eigenvalue weighted by Gasteiger charge is 2.10. The average Bonchev–Trinajstić information content (AvgIpc) is 2.87. The monoisotopic (exact) mass is 293 g/mol. The summed E-state index contributed by atoms with van der Waals surface area (Å²) in [4.78, 5) is 22.9. The molecule has 3 N–H and O–H groups in total. The fourth-order valence-electron chi connectivity index (χ4n) is 1.46. The number of rotatable bonds is 3. The maximum atomic E-state index is 11.8.